The topological polar surface area (TPSA) is 77.0 Å². The predicted octanol–water partition coefficient (Wildman–Crippen LogP) is 1.97. The van der Waals surface area contributed by atoms with Crippen molar-refractivity contribution in [3.63, 3.8) is 0 Å². The highest BCUT2D eigenvalue weighted by Gasteiger charge is 2.12. The number of hydrazine groups is 1. The number of nitrogens with two attached hydrogens (primary N) is 2. The monoisotopic (exact) mass is 292 g/mol. The lowest BCUT2D eigenvalue weighted by Crippen LogP contribution is -2.38. The lowest BCUT2D eigenvalue weighted by atomic mass is 10.1. The van der Waals surface area contributed by atoms with Crippen molar-refractivity contribution >= 4 is 17.6 Å². The highest BCUT2D eigenvalue weighted by molar-refractivity contribution is 7.99. The molecule has 0 aliphatic heterocycles. The molecular formula is C14H17FN4S. The fourth-order valence-corrected chi connectivity index (χ4v) is 2.78. The first-order chi connectivity index (χ1) is 9.70. The van der Waals surface area contributed by atoms with E-state index in [-0.39, 0.29) is 11.9 Å². The summed E-state index contributed by atoms with van der Waals surface area (Å²) >= 11 is 1.43. The highest BCUT2D eigenvalue weighted by atomic mass is 32.2. The molecule has 0 saturated heterocycles. The van der Waals surface area contributed by atoms with Crippen LogP contribution in [-0.2, 0) is 6.42 Å². The van der Waals surface area contributed by atoms with Gasteiger partial charge in [-0.15, -0.1) is 11.8 Å². The van der Waals surface area contributed by atoms with Crippen LogP contribution in [0, 0.1) is 5.82 Å². The lowest BCUT2D eigenvalue weighted by molar-refractivity contribution is 0.573. The molecule has 106 valence electrons. The largest absolute Gasteiger partial charge is 0.383 e. The molecule has 0 amide bonds. The van der Waals surface area contributed by atoms with Gasteiger partial charge in [0.1, 0.15) is 11.6 Å². The van der Waals surface area contributed by atoms with Crippen molar-refractivity contribution in [1.82, 2.24) is 10.4 Å². The summed E-state index contributed by atoms with van der Waals surface area (Å²) in [6.45, 7) is 0. The normalized spacial score (nSPS) is 12.3. The van der Waals surface area contributed by atoms with Crippen LogP contribution in [0.4, 0.5) is 10.2 Å². The minimum absolute atomic E-state index is 0.00824. The number of pyridine rings is 1. The number of nitrogens with zero attached hydrogens (tertiary/aromatic N) is 1. The average molecular weight is 292 g/mol. The minimum Gasteiger partial charge on any atom is -0.383 e. The fourth-order valence-electron chi connectivity index (χ4n) is 1.81. The van der Waals surface area contributed by atoms with E-state index in [4.69, 9.17) is 11.6 Å². The van der Waals surface area contributed by atoms with Crippen LogP contribution in [0.5, 0.6) is 0 Å². The van der Waals surface area contributed by atoms with Crippen LogP contribution in [0.25, 0.3) is 0 Å². The van der Waals surface area contributed by atoms with E-state index in [1.165, 1.54) is 17.8 Å². The molecule has 0 aliphatic carbocycles. The summed E-state index contributed by atoms with van der Waals surface area (Å²) in [6, 6.07) is 10.4. The molecule has 1 aromatic heterocycles. The van der Waals surface area contributed by atoms with Gasteiger partial charge in [0.05, 0.1) is 0 Å². The molecule has 20 heavy (non-hydrogen) atoms. The molecule has 0 aliphatic rings. The average Bonchev–Trinajstić information content (AvgIpc) is 2.47. The number of halogens is 1. The third-order valence-electron chi connectivity index (χ3n) is 2.90. The number of nitrogens with one attached hydrogen (secondary N) is 1. The van der Waals surface area contributed by atoms with Crippen LogP contribution in [-0.4, -0.2) is 16.8 Å². The molecule has 0 fully saturated rings. The van der Waals surface area contributed by atoms with Gasteiger partial charge in [-0.1, -0.05) is 18.2 Å². The van der Waals surface area contributed by atoms with Gasteiger partial charge in [0.25, 0.3) is 0 Å². The number of thioether (sulfide) groups is 1. The standard InChI is InChI=1S/C14H17FN4S/c15-12-5-1-2-6-13(12)20-9-11(19-17)8-10-4-3-7-18-14(10)16/h1-7,11,19H,8-9,17H2,(H2,16,18). The molecule has 1 aromatic carbocycles. The van der Waals surface area contributed by atoms with Gasteiger partial charge < -0.3 is 5.73 Å². The summed E-state index contributed by atoms with van der Waals surface area (Å²) < 4.78 is 13.5. The van der Waals surface area contributed by atoms with Crippen LogP contribution in [0.2, 0.25) is 0 Å². The molecule has 1 heterocycles. The molecule has 4 nitrogen and oxygen atoms in total. The molecule has 0 bridgehead atoms. The summed E-state index contributed by atoms with van der Waals surface area (Å²) in [5.41, 5.74) is 9.48. The Labute approximate surface area is 121 Å². The Morgan fingerprint density at radius 2 is 2.05 bits per heavy atom. The second kappa shape index (κ2) is 7.23. The maximum absolute atomic E-state index is 13.5. The van der Waals surface area contributed by atoms with E-state index in [1.807, 2.05) is 18.2 Å². The Morgan fingerprint density at radius 3 is 2.75 bits per heavy atom. The molecule has 2 rings (SSSR count). The smallest absolute Gasteiger partial charge is 0.136 e. The zero-order valence-electron chi connectivity index (χ0n) is 10.9. The summed E-state index contributed by atoms with van der Waals surface area (Å²) in [5.74, 6) is 6.49. The van der Waals surface area contributed by atoms with Crippen LogP contribution in [0.3, 0.4) is 0 Å². The molecule has 0 radical (unpaired) electrons. The minimum atomic E-state index is -0.214. The first kappa shape index (κ1) is 14.8. The van der Waals surface area contributed by atoms with E-state index in [2.05, 4.69) is 10.4 Å². The van der Waals surface area contributed by atoms with Crippen LogP contribution in [0.1, 0.15) is 5.56 Å². The molecule has 0 saturated carbocycles. The Balaban J connectivity index is 1.96. The third-order valence-corrected chi connectivity index (χ3v) is 4.12. The van der Waals surface area contributed by atoms with Crippen molar-refractivity contribution in [2.45, 2.75) is 17.4 Å². The van der Waals surface area contributed by atoms with Crippen molar-refractivity contribution in [1.29, 1.82) is 0 Å². The summed E-state index contributed by atoms with van der Waals surface area (Å²) in [5, 5.41) is 0. The fraction of sp³-hybridized carbons (Fsp3) is 0.214. The number of nitrogen functional groups attached to an aromatic ring is 1. The van der Waals surface area contributed by atoms with Crippen molar-refractivity contribution in [2.24, 2.45) is 5.84 Å². The molecule has 6 heteroatoms. The highest BCUT2D eigenvalue weighted by Crippen LogP contribution is 2.23. The molecule has 0 spiro atoms. The van der Waals surface area contributed by atoms with Gasteiger partial charge >= 0.3 is 0 Å². The summed E-state index contributed by atoms with van der Waals surface area (Å²) in [6.07, 6.45) is 2.30. The number of benzene rings is 1. The molecular weight excluding hydrogens is 275 g/mol. The van der Waals surface area contributed by atoms with Crippen LogP contribution in [0.15, 0.2) is 47.5 Å². The third kappa shape index (κ3) is 3.93. The van der Waals surface area contributed by atoms with Gasteiger partial charge in [-0.2, -0.15) is 0 Å². The van der Waals surface area contributed by atoms with Crippen molar-refractivity contribution in [2.75, 3.05) is 11.5 Å². The van der Waals surface area contributed by atoms with E-state index in [0.717, 1.165) is 5.56 Å². The first-order valence-corrected chi connectivity index (χ1v) is 7.22. The molecule has 5 N–H and O–H groups in total. The van der Waals surface area contributed by atoms with Crippen molar-refractivity contribution in [3.8, 4) is 0 Å². The number of anilines is 1. The second-order valence-corrected chi connectivity index (χ2v) is 5.42. The van der Waals surface area contributed by atoms with E-state index in [0.29, 0.717) is 22.9 Å². The number of hydrogen-bond acceptors (Lipinski definition) is 5. The Bertz CT molecular complexity index is 564. The van der Waals surface area contributed by atoms with Gasteiger partial charge in [-0.05, 0) is 30.2 Å². The van der Waals surface area contributed by atoms with Gasteiger partial charge in [0, 0.05) is 22.9 Å². The number of hydrogen-bond donors (Lipinski definition) is 3. The summed E-state index contributed by atoms with van der Waals surface area (Å²) in [7, 11) is 0. The van der Waals surface area contributed by atoms with Crippen molar-refractivity contribution < 1.29 is 4.39 Å². The van der Waals surface area contributed by atoms with Crippen LogP contribution >= 0.6 is 11.8 Å². The van der Waals surface area contributed by atoms with Crippen LogP contribution < -0.4 is 17.0 Å². The maximum Gasteiger partial charge on any atom is 0.136 e. The molecule has 1 atom stereocenters. The second-order valence-electron chi connectivity index (χ2n) is 4.36. The Morgan fingerprint density at radius 1 is 1.25 bits per heavy atom. The van der Waals surface area contributed by atoms with Gasteiger partial charge in [0.2, 0.25) is 0 Å². The van der Waals surface area contributed by atoms with Crippen molar-refractivity contribution in [3.05, 3.63) is 54.0 Å². The maximum atomic E-state index is 13.5. The summed E-state index contributed by atoms with van der Waals surface area (Å²) in [4.78, 5) is 4.66. The quantitative estimate of drug-likeness (QED) is 0.431. The van der Waals surface area contributed by atoms with E-state index in [1.54, 1.807) is 18.3 Å². The number of rotatable bonds is 6. The van der Waals surface area contributed by atoms with Gasteiger partial charge in [0.15, 0.2) is 0 Å². The van der Waals surface area contributed by atoms with Gasteiger partial charge in [-0.3, -0.25) is 11.3 Å². The lowest BCUT2D eigenvalue weighted by Gasteiger charge is -2.16. The zero-order valence-corrected chi connectivity index (χ0v) is 11.7. The molecule has 1 unspecified atom stereocenters. The Hall–Kier alpha value is -1.63. The predicted molar refractivity (Wildman–Crippen MR) is 80.6 cm³/mol. The first-order valence-electron chi connectivity index (χ1n) is 6.23. The van der Waals surface area contributed by atoms with Gasteiger partial charge in [-0.25, -0.2) is 9.37 Å². The molecule has 2 aromatic rings. The van der Waals surface area contributed by atoms with E-state index >= 15 is 0 Å². The SMILES string of the molecule is NNC(CSc1ccccc1F)Cc1cccnc1N. The van der Waals surface area contributed by atoms with E-state index in [9.17, 15) is 4.39 Å². The Kier molecular flexibility index (Phi) is 5.34. The zero-order chi connectivity index (χ0) is 14.4. The van der Waals surface area contributed by atoms with E-state index < -0.39 is 0 Å². The number of aromatic nitrogens is 1.